The Morgan fingerprint density at radius 2 is 2.14 bits per heavy atom. The van der Waals surface area contributed by atoms with Gasteiger partial charge in [-0.05, 0) is 20.8 Å². The number of cyclic esters (lactones) is 1. The number of rotatable bonds is 1. The van der Waals surface area contributed by atoms with Crippen molar-refractivity contribution in [1.82, 2.24) is 0 Å². The van der Waals surface area contributed by atoms with E-state index in [2.05, 4.69) is 9.47 Å². The molecule has 0 N–H and O–H groups in total. The van der Waals surface area contributed by atoms with Crippen LogP contribution in [0.4, 0.5) is 4.79 Å². The first-order valence-corrected chi connectivity index (χ1v) is 4.15. The van der Waals surface area contributed by atoms with Gasteiger partial charge in [-0.3, -0.25) is 0 Å². The molecule has 0 aromatic rings. The maximum atomic E-state index is 11.1. The molecule has 1 heterocycles. The lowest BCUT2D eigenvalue weighted by molar-refractivity contribution is -0.154. The highest BCUT2D eigenvalue weighted by Crippen LogP contribution is 2.12. The molecule has 0 aliphatic carbocycles. The third-order valence-electron chi connectivity index (χ3n) is 1.22. The van der Waals surface area contributed by atoms with Gasteiger partial charge in [-0.15, -0.1) is 0 Å². The average Bonchev–Trinajstić information content (AvgIpc) is 2.30. The molecule has 14 heavy (non-hydrogen) atoms. The van der Waals surface area contributed by atoms with Crippen LogP contribution >= 0.6 is 0 Å². The minimum absolute atomic E-state index is 0.529. The molecule has 0 aromatic heterocycles. The van der Waals surface area contributed by atoms with Gasteiger partial charge in [0.2, 0.25) is 0 Å². The Balaban J connectivity index is 2.35. The van der Waals surface area contributed by atoms with Crippen molar-refractivity contribution in [2.75, 3.05) is 0 Å². The van der Waals surface area contributed by atoms with Gasteiger partial charge in [-0.25, -0.2) is 9.59 Å². The molecule has 0 radical (unpaired) electrons. The Morgan fingerprint density at radius 3 is 2.57 bits per heavy atom. The van der Waals surface area contributed by atoms with Crippen molar-refractivity contribution < 1.29 is 23.8 Å². The molecular formula is C9H12O5. The fourth-order valence-corrected chi connectivity index (χ4v) is 0.782. The third kappa shape index (κ3) is 3.47. The number of carbonyl (C=O) groups is 2. The predicted octanol–water partition coefficient (Wildman–Crippen LogP) is 1.38. The highest BCUT2D eigenvalue weighted by molar-refractivity contribution is 5.84. The molecule has 0 fully saturated rings. The Bertz CT molecular complexity index is 273. The van der Waals surface area contributed by atoms with E-state index in [-0.39, 0.29) is 0 Å². The van der Waals surface area contributed by atoms with Gasteiger partial charge in [0, 0.05) is 12.2 Å². The van der Waals surface area contributed by atoms with E-state index in [4.69, 9.17) is 4.74 Å². The fourth-order valence-electron chi connectivity index (χ4n) is 0.782. The molecule has 5 heteroatoms. The van der Waals surface area contributed by atoms with Gasteiger partial charge in [0.15, 0.2) is 0 Å². The zero-order chi connectivity index (χ0) is 10.8. The second kappa shape index (κ2) is 3.69. The Labute approximate surface area is 81.6 Å². The molecule has 1 rings (SSSR count). The quantitative estimate of drug-likeness (QED) is 0.598. The van der Waals surface area contributed by atoms with E-state index in [9.17, 15) is 9.59 Å². The molecule has 1 unspecified atom stereocenters. The van der Waals surface area contributed by atoms with Crippen LogP contribution in [0.2, 0.25) is 0 Å². The number of carbonyl (C=O) groups excluding carboxylic acids is 2. The first-order valence-electron chi connectivity index (χ1n) is 4.15. The summed E-state index contributed by atoms with van der Waals surface area (Å²) < 4.78 is 14.1. The van der Waals surface area contributed by atoms with Crippen LogP contribution in [0.25, 0.3) is 0 Å². The summed E-state index contributed by atoms with van der Waals surface area (Å²) in [6, 6.07) is 0. The maximum Gasteiger partial charge on any atom is 0.512 e. The summed E-state index contributed by atoms with van der Waals surface area (Å²) in [6.07, 6.45) is 0.709. The second-order valence-corrected chi connectivity index (χ2v) is 3.75. The summed E-state index contributed by atoms with van der Waals surface area (Å²) in [6.45, 7) is 5.14. The van der Waals surface area contributed by atoms with Crippen molar-refractivity contribution in [1.29, 1.82) is 0 Å². The first kappa shape index (κ1) is 10.6. The zero-order valence-electron chi connectivity index (χ0n) is 8.27. The monoisotopic (exact) mass is 200 g/mol. The highest BCUT2D eigenvalue weighted by atomic mass is 16.8. The normalized spacial score (nSPS) is 20.5. The van der Waals surface area contributed by atoms with Crippen LogP contribution in [-0.4, -0.2) is 24.0 Å². The van der Waals surface area contributed by atoms with Gasteiger partial charge in [0.05, 0.1) is 0 Å². The van der Waals surface area contributed by atoms with E-state index in [1.165, 1.54) is 12.2 Å². The summed E-state index contributed by atoms with van der Waals surface area (Å²) in [7, 11) is 0. The fraction of sp³-hybridized carbons (Fsp3) is 0.556. The first-order chi connectivity index (χ1) is 6.37. The van der Waals surface area contributed by atoms with Crippen molar-refractivity contribution in [3.05, 3.63) is 12.2 Å². The lowest BCUT2D eigenvalue weighted by Crippen LogP contribution is -2.27. The van der Waals surface area contributed by atoms with Crippen LogP contribution in [0.3, 0.4) is 0 Å². The smallest absolute Gasteiger partial charge is 0.428 e. The summed E-state index contributed by atoms with van der Waals surface area (Å²) in [5.41, 5.74) is -0.622. The molecule has 0 saturated carbocycles. The van der Waals surface area contributed by atoms with E-state index in [1.807, 2.05) is 0 Å². The molecule has 0 aromatic carbocycles. The van der Waals surface area contributed by atoms with Crippen LogP contribution in [0, 0.1) is 0 Å². The van der Waals surface area contributed by atoms with Crippen LogP contribution in [-0.2, 0) is 19.0 Å². The second-order valence-electron chi connectivity index (χ2n) is 3.75. The van der Waals surface area contributed by atoms with Crippen LogP contribution in [0.5, 0.6) is 0 Å². The zero-order valence-corrected chi connectivity index (χ0v) is 8.27. The van der Waals surface area contributed by atoms with Gasteiger partial charge in [-0.2, -0.15) is 0 Å². The molecule has 1 aliphatic rings. The van der Waals surface area contributed by atoms with E-state index >= 15 is 0 Å². The largest absolute Gasteiger partial charge is 0.512 e. The summed E-state index contributed by atoms with van der Waals surface area (Å²) >= 11 is 0. The molecular weight excluding hydrogens is 188 g/mol. The molecule has 1 aliphatic heterocycles. The van der Waals surface area contributed by atoms with Gasteiger partial charge in [0.25, 0.3) is 6.29 Å². The van der Waals surface area contributed by atoms with Crippen molar-refractivity contribution in [2.45, 2.75) is 32.7 Å². The SMILES string of the molecule is CC(C)(C)OC(=O)OC1C=CC(=O)O1. The highest BCUT2D eigenvalue weighted by Gasteiger charge is 2.24. The average molecular weight is 200 g/mol. The molecule has 0 saturated heterocycles. The predicted molar refractivity (Wildman–Crippen MR) is 46.3 cm³/mol. The summed E-state index contributed by atoms with van der Waals surface area (Å²) in [4.78, 5) is 21.6. The topological polar surface area (TPSA) is 61.8 Å². The Morgan fingerprint density at radius 1 is 1.50 bits per heavy atom. The van der Waals surface area contributed by atoms with Gasteiger partial charge in [-0.1, -0.05) is 0 Å². The molecule has 78 valence electrons. The number of hydrogen-bond acceptors (Lipinski definition) is 5. The molecule has 0 amide bonds. The number of ether oxygens (including phenoxy) is 3. The molecule has 0 spiro atoms. The number of esters is 1. The van der Waals surface area contributed by atoms with Crippen LogP contribution in [0.15, 0.2) is 12.2 Å². The molecule has 1 atom stereocenters. The van der Waals surface area contributed by atoms with E-state index in [1.54, 1.807) is 20.8 Å². The lowest BCUT2D eigenvalue weighted by atomic mass is 10.2. The van der Waals surface area contributed by atoms with Gasteiger partial charge in [0.1, 0.15) is 5.60 Å². The minimum atomic E-state index is -0.961. The van der Waals surface area contributed by atoms with E-state index in [0.717, 1.165) is 0 Å². The summed E-state index contributed by atoms with van der Waals surface area (Å²) in [5.74, 6) is -0.529. The van der Waals surface area contributed by atoms with Crippen molar-refractivity contribution in [3.8, 4) is 0 Å². The van der Waals surface area contributed by atoms with Crippen molar-refractivity contribution in [3.63, 3.8) is 0 Å². The van der Waals surface area contributed by atoms with E-state index in [0.29, 0.717) is 0 Å². The maximum absolute atomic E-state index is 11.1. The van der Waals surface area contributed by atoms with Gasteiger partial charge >= 0.3 is 12.1 Å². The standard InChI is InChI=1S/C9H12O5/c1-9(2,3)14-8(11)13-7-5-4-6(10)12-7/h4-5,7H,1-3H3. The third-order valence-corrected chi connectivity index (χ3v) is 1.22. The van der Waals surface area contributed by atoms with Crippen LogP contribution in [0.1, 0.15) is 20.8 Å². The van der Waals surface area contributed by atoms with Crippen molar-refractivity contribution in [2.24, 2.45) is 0 Å². The van der Waals surface area contributed by atoms with Crippen LogP contribution < -0.4 is 0 Å². The Hall–Kier alpha value is -1.52. The minimum Gasteiger partial charge on any atom is -0.428 e. The number of hydrogen-bond donors (Lipinski definition) is 0. The van der Waals surface area contributed by atoms with Gasteiger partial charge < -0.3 is 14.2 Å². The molecule has 5 nitrogen and oxygen atoms in total. The van der Waals surface area contributed by atoms with E-state index < -0.39 is 24.0 Å². The van der Waals surface area contributed by atoms with Crippen molar-refractivity contribution >= 4 is 12.1 Å². The Kier molecular flexibility index (Phi) is 2.78. The summed E-state index contributed by atoms with van der Waals surface area (Å²) in [5, 5.41) is 0. The molecule has 0 bridgehead atoms. The lowest BCUT2D eigenvalue weighted by Gasteiger charge is -2.19.